The van der Waals surface area contributed by atoms with E-state index in [9.17, 15) is 0 Å². The Labute approximate surface area is 115 Å². The lowest BCUT2D eigenvalue weighted by atomic mass is 9.90. The Morgan fingerprint density at radius 2 is 1.89 bits per heavy atom. The fraction of sp³-hybridized carbons (Fsp3) is 0.600. The third-order valence-electron chi connectivity index (χ3n) is 2.83. The minimum atomic E-state index is 0.134. The van der Waals surface area contributed by atoms with E-state index in [0.717, 1.165) is 12.2 Å². The topological polar surface area (TPSA) is 35.2 Å². The van der Waals surface area contributed by atoms with Crippen molar-refractivity contribution >= 4 is 11.6 Å². The maximum Gasteiger partial charge on any atom is 0.138 e. The summed E-state index contributed by atoms with van der Waals surface area (Å²) in [6.45, 7) is 9.05. The van der Waals surface area contributed by atoms with Crippen LogP contribution in [0.2, 0.25) is 5.02 Å². The van der Waals surface area contributed by atoms with Crippen LogP contribution >= 0.6 is 11.6 Å². The fourth-order valence-corrected chi connectivity index (χ4v) is 2.29. The molecule has 0 fully saturated rings. The molecule has 1 rings (SSSR count). The smallest absolute Gasteiger partial charge is 0.138 e. The summed E-state index contributed by atoms with van der Waals surface area (Å²) in [5.41, 5.74) is 7.05. The van der Waals surface area contributed by atoms with Gasteiger partial charge < -0.3 is 10.5 Å². The largest absolute Gasteiger partial charge is 0.489 e. The number of ether oxygens (including phenoxy) is 1. The molecule has 0 saturated carbocycles. The van der Waals surface area contributed by atoms with Crippen LogP contribution in [0.25, 0.3) is 0 Å². The molecule has 0 aliphatic carbocycles. The van der Waals surface area contributed by atoms with E-state index in [4.69, 9.17) is 22.1 Å². The van der Waals surface area contributed by atoms with Gasteiger partial charge in [-0.15, -0.1) is 0 Å². The Bertz CT molecular complexity index is 377. The third kappa shape index (κ3) is 4.51. The summed E-state index contributed by atoms with van der Waals surface area (Å²) in [6, 6.07) is 6.00. The van der Waals surface area contributed by atoms with E-state index in [2.05, 4.69) is 19.9 Å². The molecular weight excluding hydrogens is 246 g/mol. The summed E-state index contributed by atoms with van der Waals surface area (Å²) < 4.78 is 5.63. The monoisotopic (exact) mass is 269 g/mol. The summed E-state index contributed by atoms with van der Waals surface area (Å²) in [5, 5.41) is 0.670. The van der Waals surface area contributed by atoms with E-state index in [-0.39, 0.29) is 6.10 Å². The van der Waals surface area contributed by atoms with Crippen LogP contribution in [-0.2, 0) is 0 Å². The zero-order valence-corrected chi connectivity index (χ0v) is 12.5. The van der Waals surface area contributed by atoms with Crippen LogP contribution in [-0.4, -0.2) is 12.6 Å². The first-order chi connectivity index (χ1) is 8.43. The van der Waals surface area contributed by atoms with Crippen molar-refractivity contribution in [1.29, 1.82) is 0 Å². The van der Waals surface area contributed by atoms with Crippen LogP contribution in [0.4, 0.5) is 0 Å². The van der Waals surface area contributed by atoms with Crippen molar-refractivity contribution in [1.82, 2.24) is 0 Å². The molecule has 0 amide bonds. The highest BCUT2D eigenvalue weighted by atomic mass is 35.5. The summed E-state index contributed by atoms with van der Waals surface area (Å²) in [5.74, 6) is 1.75. The Morgan fingerprint density at radius 1 is 1.22 bits per heavy atom. The highest BCUT2D eigenvalue weighted by Gasteiger charge is 2.14. The van der Waals surface area contributed by atoms with Crippen molar-refractivity contribution < 1.29 is 4.74 Å². The maximum absolute atomic E-state index is 6.25. The molecule has 0 aliphatic heterocycles. The summed E-state index contributed by atoms with van der Waals surface area (Å²) in [7, 11) is 0. The second-order valence-electron chi connectivity index (χ2n) is 5.42. The van der Waals surface area contributed by atoms with E-state index in [1.165, 1.54) is 5.56 Å². The molecule has 0 heterocycles. The van der Waals surface area contributed by atoms with Crippen LogP contribution in [0.15, 0.2) is 18.2 Å². The number of rotatable bonds is 6. The SMILES string of the molecule is CC(C)CC(CN)c1ccc(OC(C)C)c(Cl)c1. The Hall–Kier alpha value is -0.730. The average Bonchev–Trinajstić information content (AvgIpc) is 2.28. The zero-order valence-electron chi connectivity index (χ0n) is 11.7. The van der Waals surface area contributed by atoms with Gasteiger partial charge in [0.05, 0.1) is 11.1 Å². The van der Waals surface area contributed by atoms with E-state index in [1.54, 1.807) is 0 Å². The number of hydrogen-bond donors (Lipinski definition) is 1. The van der Waals surface area contributed by atoms with Gasteiger partial charge in [0.1, 0.15) is 5.75 Å². The van der Waals surface area contributed by atoms with Crippen molar-refractivity contribution in [3.8, 4) is 5.75 Å². The lowest BCUT2D eigenvalue weighted by Crippen LogP contribution is -2.15. The predicted octanol–water partition coefficient (Wildman–Crippen LogP) is 4.22. The highest BCUT2D eigenvalue weighted by Crippen LogP contribution is 2.31. The molecule has 0 spiro atoms. The summed E-state index contributed by atoms with van der Waals surface area (Å²) in [4.78, 5) is 0. The van der Waals surface area contributed by atoms with Gasteiger partial charge in [-0.05, 0) is 56.3 Å². The van der Waals surface area contributed by atoms with Gasteiger partial charge in [-0.3, -0.25) is 0 Å². The summed E-state index contributed by atoms with van der Waals surface area (Å²) >= 11 is 6.25. The molecule has 1 atom stereocenters. The average molecular weight is 270 g/mol. The molecule has 0 saturated heterocycles. The van der Waals surface area contributed by atoms with Gasteiger partial charge >= 0.3 is 0 Å². The second-order valence-corrected chi connectivity index (χ2v) is 5.83. The molecule has 0 bridgehead atoms. The van der Waals surface area contributed by atoms with E-state index < -0.39 is 0 Å². The molecule has 18 heavy (non-hydrogen) atoms. The van der Waals surface area contributed by atoms with Gasteiger partial charge in [-0.1, -0.05) is 31.5 Å². The van der Waals surface area contributed by atoms with Crippen LogP contribution < -0.4 is 10.5 Å². The fourth-order valence-electron chi connectivity index (χ4n) is 2.06. The molecule has 2 N–H and O–H groups in total. The molecule has 102 valence electrons. The van der Waals surface area contributed by atoms with Crippen molar-refractivity contribution in [3.63, 3.8) is 0 Å². The third-order valence-corrected chi connectivity index (χ3v) is 3.13. The van der Waals surface area contributed by atoms with Crippen molar-refractivity contribution in [2.75, 3.05) is 6.54 Å². The molecule has 0 aromatic heterocycles. The minimum absolute atomic E-state index is 0.134. The quantitative estimate of drug-likeness (QED) is 0.839. The van der Waals surface area contributed by atoms with E-state index in [1.807, 2.05) is 26.0 Å². The second kappa shape index (κ2) is 7.01. The molecule has 0 aliphatic rings. The van der Waals surface area contributed by atoms with Gasteiger partial charge in [-0.25, -0.2) is 0 Å². The molecule has 2 nitrogen and oxygen atoms in total. The number of hydrogen-bond acceptors (Lipinski definition) is 2. The van der Waals surface area contributed by atoms with Gasteiger partial charge in [0, 0.05) is 0 Å². The first-order valence-electron chi connectivity index (χ1n) is 6.60. The van der Waals surface area contributed by atoms with Crippen molar-refractivity contribution in [2.45, 2.75) is 46.1 Å². The lowest BCUT2D eigenvalue weighted by Gasteiger charge is -2.19. The Morgan fingerprint density at radius 3 is 2.33 bits per heavy atom. The predicted molar refractivity (Wildman–Crippen MR) is 78.5 cm³/mol. The standard InChI is InChI=1S/C15H24ClNO/c1-10(2)7-13(9-17)12-5-6-15(14(16)8-12)18-11(3)4/h5-6,8,10-11,13H,7,9,17H2,1-4H3. The molecule has 1 aromatic carbocycles. The van der Waals surface area contributed by atoms with Gasteiger partial charge in [-0.2, -0.15) is 0 Å². The van der Waals surface area contributed by atoms with Crippen LogP contribution in [0.3, 0.4) is 0 Å². The number of nitrogens with two attached hydrogens (primary N) is 1. The van der Waals surface area contributed by atoms with E-state index >= 15 is 0 Å². The highest BCUT2D eigenvalue weighted by molar-refractivity contribution is 6.32. The maximum atomic E-state index is 6.25. The first kappa shape index (κ1) is 15.3. The summed E-state index contributed by atoms with van der Waals surface area (Å²) in [6.07, 6.45) is 1.21. The van der Waals surface area contributed by atoms with Gasteiger partial charge in [0.2, 0.25) is 0 Å². The van der Waals surface area contributed by atoms with Crippen LogP contribution in [0.1, 0.15) is 45.6 Å². The van der Waals surface area contributed by atoms with Crippen LogP contribution in [0.5, 0.6) is 5.75 Å². The lowest BCUT2D eigenvalue weighted by molar-refractivity contribution is 0.242. The minimum Gasteiger partial charge on any atom is -0.489 e. The zero-order chi connectivity index (χ0) is 13.7. The Balaban J connectivity index is 2.87. The van der Waals surface area contributed by atoms with E-state index in [0.29, 0.717) is 23.4 Å². The van der Waals surface area contributed by atoms with Gasteiger partial charge in [0.15, 0.2) is 0 Å². The van der Waals surface area contributed by atoms with Gasteiger partial charge in [0.25, 0.3) is 0 Å². The molecule has 0 radical (unpaired) electrons. The number of benzene rings is 1. The molecule has 1 aromatic rings. The van der Waals surface area contributed by atoms with Crippen molar-refractivity contribution in [3.05, 3.63) is 28.8 Å². The van der Waals surface area contributed by atoms with Crippen molar-refractivity contribution in [2.24, 2.45) is 11.7 Å². The molecular formula is C15H24ClNO. The Kier molecular flexibility index (Phi) is 5.97. The normalized spacial score (nSPS) is 13.1. The molecule has 3 heteroatoms. The first-order valence-corrected chi connectivity index (χ1v) is 6.98. The molecule has 1 unspecified atom stereocenters. The number of halogens is 1. The van der Waals surface area contributed by atoms with Crippen LogP contribution in [0, 0.1) is 5.92 Å².